The number of nitrogens with two attached hydrogens (primary N) is 1. The Bertz CT molecular complexity index is 566. The maximum absolute atomic E-state index is 12.3. The van der Waals surface area contributed by atoms with Gasteiger partial charge in [-0.25, -0.2) is 13.1 Å². The van der Waals surface area contributed by atoms with E-state index in [1.54, 1.807) is 12.1 Å². The van der Waals surface area contributed by atoms with Crippen molar-refractivity contribution in [1.29, 1.82) is 5.41 Å². The van der Waals surface area contributed by atoms with Crippen LogP contribution in [0.4, 0.5) is 0 Å². The lowest BCUT2D eigenvalue weighted by Gasteiger charge is -2.29. The molecule has 0 heterocycles. The van der Waals surface area contributed by atoms with Crippen molar-refractivity contribution in [3.8, 4) is 0 Å². The number of nitrogens with one attached hydrogen (secondary N) is 2. The van der Waals surface area contributed by atoms with Crippen LogP contribution in [0.1, 0.15) is 37.7 Å². The molecule has 0 saturated heterocycles. The average Bonchev–Trinajstić information content (AvgIpc) is 2.46. The van der Waals surface area contributed by atoms with E-state index in [-0.39, 0.29) is 17.5 Å². The van der Waals surface area contributed by atoms with Crippen molar-refractivity contribution < 1.29 is 8.42 Å². The lowest BCUT2D eigenvalue weighted by atomic mass is 9.84. The first kappa shape index (κ1) is 16.0. The van der Waals surface area contributed by atoms with Crippen LogP contribution >= 0.6 is 0 Å². The van der Waals surface area contributed by atoms with E-state index < -0.39 is 16.1 Å². The van der Waals surface area contributed by atoms with Crippen molar-refractivity contribution in [3.63, 3.8) is 0 Å². The summed E-state index contributed by atoms with van der Waals surface area (Å²) in [4.78, 5) is 0. The summed E-state index contributed by atoms with van der Waals surface area (Å²) in [5.41, 5.74) is 6.36. The Kier molecular flexibility index (Phi) is 5.36. The van der Waals surface area contributed by atoms with Gasteiger partial charge in [-0.3, -0.25) is 5.41 Å². The Hall–Kier alpha value is -1.40. The molecule has 1 aromatic carbocycles. The fourth-order valence-electron chi connectivity index (χ4n) is 2.91. The van der Waals surface area contributed by atoms with Gasteiger partial charge >= 0.3 is 0 Å². The average molecular weight is 309 g/mol. The molecule has 6 heteroatoms. The summed E-state index contributed by atoms with van der Waals surface area (Å²) in [6.45, 7) is 0. The Morgan fingerprint density at radius 3 is 2.43 bits per heavy atom. The van der Waals surface area contributed by atoms with Gasteiger partial charge in [0.1, 0.15) is 5.84 Å². The molecule has 116 valence electrons. The number of amidine groups is 1. The molecular weight excluding hydrogens is 286 g/mol. The van der Waals surface area contributed by atoms with Crippen LogP contribution in [0.5, 0.6) is 0 Å². The zero-order valence-corrected chi connectivity index (χ0v) is 12.9. The van der Waals surface area contributed by atoms with Crippen LogP contribution in [0, 0.1) is 11.3 Å². The normalized spacial score (nSPS) is 18.3. The van der Waals surface area contributed by atoms with E-state index >= 15 is 0 Å². The minimum absolute atomic E-state index is 0.0790. The van der Waals surface area contributed by atoms with Gasteiger partial charge in [0.15, 0.2) is 0 Å². The number of sulfonamides is 1. The summed E-state index contributed by atoms with van der Waals surface area (Å²) in [5, 5.41) is 7.70. The molecule has 1 unspecified atom stereocenters. The van der Waals surface area contributed by atoms with E-state index in [1.807, 2.05) is 18.2 Å². The lowest BCUT2D eigenvalue weighted by molar-refractivity contribution is 0.328. The molecule has 0 aromatic heterocycles. The molecule has 21 heavy (non-hydrogen) atoms. The van der Waals surface area contributed by atoms with E-state index in [0.717, 1.165) is 31.2 Å². The molecule has 0 radical (unpaired) electrons. The Morgan fingerprint density at radius 1 is 1.24 bits per heavy atom. The number of benzene rings is 1. The summed E-state index contributed by atoms with van der Waals surface area (Å²) in [5.74, 6) is -0.0232. The third-order valence-corrected chi connectivity index (χ3v) is 5.29. The molecule has 5 nitrogen and oxygen atoms in total. The fourth-order valence-corrected chi connectivity index (χ4v) is 4.33. The highest BCUT2D eigenvalue weighted by Gasteiger charge is 2.29. The smallest absolute Gasteiger partial charge is 0.216 e. The van der Waals surface area contributed by atoms with Crippen molar-refractivity contribution in [2.45, 2.75) is 43.9 Å². The lowest BCUT2D eigenvalue weighted by Crippen LogP contribution is -2.49. The second-order valence-corrected chi connectivity index (χ2v) is 7.45. The SMILES string of the molecule is N=C(N)C(NS(=O)(=O)Cc1ccccc1)C1CCCCC1. The summed E-state index contributed by atoms with van der Waals surface area (Å²) < 4.78 is 27.2. The molecule has 1 fully saturated rings. The largest absolute Gasteiger partial charge is 0.386 e. The highest BCUT2D eigenvalue weighted by molar-refractivity contribution is 7.88. The van der Waals surface area contributed by atoms with Crippen molar-refractivity contribution in [1.82, 2.24) is 4.72 Å². The van der Waals surface area contributed by atoms with Crippen LogP contribution < -0.4 is 10.5 Å². The molecule has 1 aliphatic rings. The van der Waals surface area contributed by atoms with Crippen LogP contribution in [0.15, 0.2) is 30.3 Å². The number of rotatable bonds is 6. The molecule has 4 N–H and O–H groups in total. The van der Waals surface area contributed by atoms with E-state index in [2.05, 4.69) is 4.72 Å². The number of hydrogen-bond acceptors (Lipinski definition) is 3. The molecule has 0 amide bonds. The summed E-state index contributed by atoms with van der Waals surface area (Å²) in [7, 11) is -3.50. The molecule has 1 aromatic rings. The zero-order valence-electron chi connectivity index (χ0n) is 12.1. The molecule has 2 rings (SSSR count). The van der Waals surface area contributed by atoms with E-state index in [4.69, 9.17) is 11.1 Å². The second-order valence-electron chi connectivity index (χ2n) is 5.69. The van der Waals surface area contributed by atoms with Crippen LogP contribution in [-0.2, 0) is 15.8 Å². The van der Waals surface area contributed by atoms with Gasteiger partial charge in [0.2, 0.25) is 10.0 Å². The maximum atomic E-state index is 12.3. The van der Waals surface area contributed by atoms with Crippen LogP contribution in [-0.4, -0.2) is 20.3 Å². The van der Waals surface area contributed by atoms with Gasteiger partial charge in [-0.2, -0.15) is 0 Å². The predicted octanol–water partition coefficient (Wildman–Crippen LogP) is 1.99. The molecule has 0 spiro atoms. The highest BCUT2D eigenvalue weighted by atomic mass is 32.2. The third-order valence-electron chi connectivity index (χ3n) is 3.96. The first-order chi connectivity index (χ1) is 9.98. The first-order valence-electron chi connectivity index (χ1n) is 7.36. The van der Waals surface area contributed by atoms with Gasteiger partial charge in [-0.15, -0.1) is 0 Å². The van der Waals surface area contributed by atoms with Gasteiger partial charge in [-0.1, -0.05) is 49.6 Å². The van der Waals surface area contributed by atoms with Crippen molar-refractivity contribution in [2.75, 3.05) is 0 Å². The van der Waals surface area contributed by atoms with E-state index in [1.165, 1.54) is 6.42 Å². The quantitative estimate of drug-likeness (QED) is 0.554. The molecule has 1 aliphatic carbocycles. The Morgan fingerprint density at radius 2 is 1.86 bits per heavy atom. The molecular formula is C15H23N3O2S. The highest BCUT2D eigenvalue weighted by Crippen LogP contribution is 2.27. The maximum Gasteiger partial charge on any atom is 0.216 e. The topological polar surface area (TPSA) is 96.0 Å². The minimum Gasteiger partial charge on any atom is -0.386 e. The molecule has 1 saturated carbocycles. The minimum atomic E-state index is -3.50. The van der Waals surface area contributed by atoms with Crippen LogP contribution in [0.2, 0.25) is 0 Å². The van der Waals surface area contributed by atoms with Crippen LogP contribution in [0.3, 0.4) is 0 Å². The van der Waals surface area contributed by atoms with Crippen molar-refractivity contribution in [3.05, 3.63) is 35.9 Å². The van der Waals surface area contributed by atoms with E-state index in [9.17, 15) is 8.42 Å². The Labute approximate surface area is 126 Å². The zero-order chi connectivity index (χ0) is 15.3. The summed E-state index contributed by atoms with van der Waals surface area (Å²) in [6, 6.07) is 8.47. The second kappa shape index (κ2) is 7.04. The van der Waals surface area contributed by atoms with Gasteiger partial charge in [0.25, 0.3) is 0 Å². The fraction of sp³-hybridized carbons (Fsp3) is 0.533. The summed E-state index contributed by atoms with van der Waals surface area (Å²) in [6.07, 6.45) is 5.19. The van der Waals surface area contributed by atoms with Gasteiger partial charge in [-0.05, 0) is 24.3 Å². The molecule has 0 bridgehead atoms. The summed E-state index contributed by atoms with van der Waals surface area (Å²) >= 11 is 0. The first-order valence-corrected chi connectivity index (χ1v) is 9.01. The van der Waals surface area contributed by atoms with Gasteiger partial charge in [0.05, 0.1) is 11.8 Å². The number of hydrogen-bond donors (Lipinski definition) is 3. The van der Waals surface area contributed by atoms with Crippen molar-refractivity contribution >= 4 is 15.9 Å². The Balaban J connectivity index is 2.06. The monoisotopic (exact) mass is 309 g/mol. The van der Waals surface area contributed by atoms with E-state index in [0.29, 0.717) is 0 Å². The predicted molar refractivity (Wildman–Crippen MR) is 84.5 cm³/mol. The standard InChI is InChI=1S/C15H23N3O2S/c16-15(17)14(13-9-5-2-6-10-13)18-21(19,20)11-12-7-3-1-4-8-12/h1,3-4,7-8,13-14,18H,2,5-6,9-11H2,(H3,16,17). The molecule has 1 atom stereocenters. The van der Waals surface area contributed by atoms with Crippen LogP contribution in [0.25, 0.3) is 0 Å². The van der Waals surface area contributed by atoms with Crippen molar-refractivity contribution in [2.24, 2.45) is 11.7 Å². The third kappa shape index (κ3) is 4.82. The van der Waals surface area contributed by atoms with Gasteiger partial charge < -0.3 is 5.73 Å². The van der Waals surface area contributed by atoms with Gasteiger partial charge in [0, 0.05) is 0 Å². The molecule has 0 aliphatic heterocycles.